The third-order valence-electron chi connectivity index (χ3n) is 10.4. The largest absolute Gasteiger partial charge is 0.508 e. The number of hydrogen-bond donors (Lipinski definition) is 6. The van der Waals surface area contributed by atoms with Gasteiger partial charge >= 0.3 is 5.97 Å². The average Bonchev–Trinajstić information content (AvgIpc) is 3.17. The van der Waals surface area contributed by atoms with E-state index < -0.39 is 77.9 Å². The highest BCUT2D eigenvalue weighted by atomic mass is 16.5. The Labute approximate surface area is 341 Å². The van der Waals surface area contributed by atoms with Crippen molar-refractivity contribution in [3.05, 3.63) is 77.9 Å². The second kappa shape index (κ2) is 23.5. The van der Waals surface area contributed by atoms with E-state index in [0.717, 1.165) is 0 Å². The van der Waals surface area contributed by atoms with Gasteiger partial charge in [-0.05, 0) is 74.8 Å². The highest BCUT2D eigenvalue weighted by Crippen LogP contribution is 2.24. The summed E-state index contributed by atoms with van der Waals surface area (Å²) in [5.41, 5.74) is 4.19. The van der Waals surface area contributed by atoms with Gasteiger partial charge in [-0.3, -0.25) is 29.0 Å². The standard InChI is InChI=1S/C44H62N4O10/c1-7-14-32(50)17-11-15-28(4)38-21-10-8-9-20-37(52)30(6)40(53)34(23-22-29(5)49)41(54)46-39(27(2)3)42(55)45-36(26-31-16-12-18-33(51)25-31)43(56)48-24-13-19-35(47-48)44(57)58-38/h8-12,15-18,20,25,27,30,34-40,47,51-53H,7,13-14,19,21-24,26H2,1-6H3,(H,45,55)(H,46,54)/b10-8+,17-11+,20-9+,28-15+/t30-,34+,35?,36-,37-,38-,39-,40+/m0/s1. The van der Waals surface area contributed by atoms with E-state index >= 15 is 0 Å². The van der Waals surface area contributed by atoms with Crippen LogP contribution in [0, 0.1) is 17.8 Å². The Hall–Kier alpha value is -4.92. The zero-order valence-electron chi connectivity index (χ0n) is 34.6. The Kier molecular flexibility index (Phi) is 19.2. The molecule has 2 heterocycles. The molecule has 2 bridgehead atoms. The summed E-state index contributed by atoms with van der Waals surface area (Å²) in [4.78, 5) is 80.1. The normalized spacial score (nSPS) is 28.5. The fraction of sp³-hybridized carbons (Fsp3) is 0.545. The van der Waals surface area contributed by atoms with Gasteiger partial charge in [0.25, 0.3) is 5.91 Å². The van der Waals surface area contributed by atoms with Gasteiger partial charge in [0, 0.05) is 38.1 Å². The van der Waals surface area contributed by atoms with Crippen LogP contribution < -0.4 is 16.1 Å². The first-order valence-electron chi connectivity index (χ1n) is 20.3. The lowest BCUT2D eigenvalue weighted by Gasteiger charge is -2.36. The number of phenols is 1. The van der Waals surface area contributed by atoms with E-state index in [1.807, 2.05) is 6.92 Å². The summed E-state index contributed by atoms with van der Waals surface area (Å²) in [6.07, 6.45) is 9.87. The molecule has 0 aliphatic carbocycles. The molecule has 14 heteroatoms. The molecule has 0 radical (unpaired) electrons. The van der Waals surface area contributed by atoms with Gasteiger partial charge < -0.3 is 35.5 Å². The van der Waals surface area contributed by atoms with Crippen LogP contribution in [0.1, 0.15) is 92.1 Å². The average molecular weight is 807 g/mol. The number of hydrogen-bond acceptors (Lipinski definition) is 11. The molecule has 0 saturated carbocycles. The van der Waals surface area contributed by atoms with Crippen molar-refractivity contribution in [2.75, 3.05) is 6.54 Å². The van der Waals surface area contributed by atoms with Gasteiger partial charge in [-0.1, -0.05) is 76.3 Å². The number of ketones is 2. The summed E-state index contributed by atoms with van der Waals surface area (Å²) in [5.74, 6) is -5.35. The number of aromatic hydroxyl groups is 1. The van der Waals surface area contributed by atoms with Gasteiger partial charge in [-0.25, -0.2) is 5.43 Å². The smallest absolute Gasteiger partial charge is 0.325 e. The molecular weight excluding hydrogens is 745 g/mol. The van der Waals surface area contributed by atoms with Crippen LogP contribution in [0.25, 0.3) is 0 Å². The van der Waals surface area contributed by atoms with Crippen LogP contribution in [0.4, 0.5) is 0 Å². The molecular formula is C44H62N4O10. The van der Waals surface area contributed by atoms with Crippen molar-refractivity contribution in [3.8, 4) is 5.75 Å². The number of esters is 1. The molecule has 0 spiro atoms. The first-order valence-corrected chi connectivity index (χ1v) is 20.3. The van der Waals surface area contributed by atoms with Crippen molar-refractivity contribution < 1.29 is 48.8 Å². The third kappa shape index (κ3) is 14.8. The van der Waals surface area contributed by atoms with Crippen LogP contribution in [0.5, 0.6) is 5.75 Å². The molecule has 318 valence electrons. The van der Waals surface area contributed by atoms with Crippen LogP contribution in [0.3, 0.4) is 0 Å². The number of amides is 3. The van der Waals surface area contributed by atoms with E-state index in [9.17, 15) is 44.1 Å². The number of nitrogens with zero attached hydrogens (tertiary/aromatic N) is 1. The summed E-state index contributed by atoms with van der Waals surface area (Å²) >= 11 is 0. The Morgan fingerprint density at radius 1 is 1.03 bits per heavy atom. The molecule has 14 nitrogen and oxygen atoms in total. The first-order chi connectivity index (χ1) is 27.5. The molecule has 2 aliphatic rings. The number of phenolic OH excluding ortho intramolecular Hbond substituents is 1. The van der Waals surface area contributed by atoms with Gasteiger partial charge in [0.2, 0.25) is 11.8 Å². The molecule has 6 N–H and O–H groups in total. The summed E-state index contributed by atoms with van der Waals surface area (Å²) in [7, 11) is 0. The Balaban J connectivity index is 2.07. The van der Waals surface area contributed by atoms with Crippen molar-refractivity contribution in [1.29, 1.82) is 0 Å². The van der Waals surface area contributed by atoms with Crippen molar-refractivity contribution >= 4 is 35.3 Å². The number of ether oxygens (including phenoxy) is 1. The fourth-order valence-electron chi connectivity index (χ4n) is 6.79. The van der Waals surface area contributed by atoms with Crippen molar-refractivity contribution in [2.24, 2.45) is 17.8 Å². The van der Waals surface area contributed by atoms with E-state index in [1.54, 1.807) is 70.2 Å². The topological polar surface area (TPSA) is 212 Å². The summed E-state index contributed by atoms with van der Waals surface area (Å²) in [6.45, 7) is 10.3. The number of Topliss-reactive ketones (excluding diaryl/α,β-unsaturated/α-hetero) is 1. The molecule has 1 aromatic rings. The second-order valence-corrected chi connectivity index (χ2v) is 15.6. The van der Waals surface area contributed by atoms with E-state index in [4.69, 9.17) is 4.74 Å². The minimum atomic E-state index is -1.41. The SMILES string of the molecule is CCCC(=O)/C=C/C=C(\C)[C@@H]1C/C=C/C=C/[C@H](O)[C@H](C)[C@@H](O)[C@@H](CCC(C)=O)C(=O)N[C@@H](C(C)C)C(=O)N[C@@H](Cc2cccc(O)c2)C(=O)N2CCCC(N2)C(=O)O1. The maximum atomic E-state index is 14.3. The molecule has 2 aliphatic heterocycles. The van der Waals surface area contributed by atoms with Crippen LogP contribution >= 0.6 is 0 Å². The Bertz CT molecular complexity index is 1720. The summed E-state index contributed by atoms with van der Waals surface area (Å²) in [6, 6.07) is 2.95. The molecule has 1 fully saturated rings. The second-order valence-electron chi connectivity index (χ2n) is 15.6. The van der Waals surface area contributed by atoms with Crippen molar-refractivity contribution in [1.82, 2.24) is 21.1 Å². The van der Waals surface area contributed by atoms with E-state index in [-0.39, 0.29) is 49.5 Å². The van der Waals surface area contributed by atoms with Crippen LogP contribution in [0.2, 0.25) is 0 Å². The Morgan fingerprint density at radius 3 is 2.45 bits per heavy atom. The number of benzene rings is 1. The number of nitrogens with one attached hydrogen (secondary N) is 3. The van der Waals surface area contributed by atoms with E-state index in [1.165, 1.54) is 36.2 Å². The highest BCUT2D eigenvalue weighted by Gasteiger charge is 2.38. The quantitative estimate of drug-likeness (QED) is 0.108. The molecule has 8 atom stereocenters. The van der Waals surface area contributed by atoms with Crippen molar-refractivity contribution in [2.45, 2.75) is 129 Å². The minimum absolute atomic E-state index is 0.0240. The van der Waals surface area contributed by atoms with Gasteiger partial charge in [0.1, 0.15) is 35.8 Å². The van der Waals surface area contributed by atoms with Gasteiger partial charge in [0.05, 0.1) is 18.1 Å². The number of carbonyl (C=O) groups is 6. The predicted octanol–water partition coefficient (Wildman–Crippen LogP) is 3.70. The highest BCUT2D eigenvalue weighted by molar-refractivity contribution is 5.93. The number of aliphatic hydroxyl groups is 2. The lowest BCUT2D eigenvalue weighted by molar-refractivity contribution is -0.156. The van der Waals surface area contributed by atoms with E-state index in [0.29, 0.717) is 36.8 Å². The monoisotopic (exact) mass is 806 g/mol. The van der Waals surface area contributed by atoms with Crippen LogP contribution in [0.15, 0.2) is 72.4 Å². The number of allylic oxidation sites excluding steroid dienone is 5. The number of fused-ring (bicyclic) bond motifs is 2. The molecule has 3 amide bonds. The minimum Gasteiger partial charge on any atom is -0.508 e. The number of rotatable bonds is 11. The maximum Gasteiger partial charge on any atom is 0.325 e. The van der Waals surface area contributed by atoms with E-state index in [2.05, 4.69) is 16.1 Å². The predicted molar refractivity (Wildman–Crippen MR) is 219 cm³/mol. The molecule has 0 aromatic heterocycles. The molecule has 1 unspecified atom stereocenters. The van der Waals surface area contributed by atoms with Crippen LogP contribution in [-0.2, 0) is 39.9 Å². The molecule has 58 heavy (non-hydrogen) atoms. The lowest BCUT2D eigenvalue weighted by Crippen LogP contribution is -2.62. The number of hydrazine groups is 1. The van der Waals surface area contributed by atoms with Gasteiger partial charge in [-0.15, -0.1) is 0 Å². The zero-order chi connectivity index (χ0) is 42.9. The number of cyclic esters (lactones) is 1. The fourth-order valence-corrected chi connectivity index (χ4v) is 6.79. The first kappa shape index (κ1) is 47.5. The lowest BCUT2D eigenvalue weighted by atomic mass is 9.84. The van der Waals surface area contributed by atoms with Gasteiger partial charge in [-0.2, -0.15) is 0 Å². The Morgan fingerprint density at radius 2 is 1.78 bits per heavy atom. The molecule has 1 saturated heterocycles. The van der Waals surface area contributed by atoms with Crippen molar-refractivity contribution in [3.63, 3.8) is 0 Å². The summed E-state index contributed by atoms with van der Waals surface area (Å²) < 4.78 is 6.01. The molecule has 1 aromatic carbocycles. The van der Waals surface area contributed by atoms with Crippen LogP contribution in [-0.4, -0.2) is 98.6 Å². The number of aliphatic hydroxyl groups excluding tert-OH is 2. The third-order valence-corrected chi connectivity index (χ3v) is 10.4. The maximum absolute atomic E-state index is 14.3. The number of carbonyl (C=O) groups excluding carboxylic acids is 6. The zero-order valence-corrected chi connectivity index (χ0v) is 34.6. The summed E-state index contributed by atoms with van der Waals surface area (Å²) in [5, 5.41) is 39.5. The molecule has 3 rings (SSSR count). The van der Waals surface area contributed by atoms with Gasteiger partial charge in [0.15, 0.2) is 5.78 Å².